The van der Waals surface area contributed by atoms with Crippen molar-refractivity contribution in [2.24, 2.45) is 5.92 Å². The fourth-order valence-corrected chi connectivity index (χ4v) is 2.89. The Morgan fingerprint density at radius 2 is 1.88 bits per heavy atom. The van der Waals surface area contributed by atoms with Gasteiger partial charge in [-0.1, -0.05) is 44.2 Å². The van der Waals surface area contributed by atoms with Crippen LogP contribution in [0.1, 0.15) is 19.7 Å². The lowest BCUT2D eigenvalue weighted by Crippen LogP contribution is -2.12. The van der Waals surface area contributed by atoms with Gasteiger partial charge in [0, 0.05) is 24.5 Å². The fraction of sp³-hybridized carbons (Fsp3) is 0.263. The second-order valence-corrected chi connectivity index (χ2v) is 6.62. The Bertz CT molecular complexity index is 1000. The van der Waals surface area contributed by atoms with E-state index in [-0.39, 0.29) is 0 Å². The third kappa shape index (κ3) is 3.28. The van der Waals surface area contributed by atoms with Crippen LogP contribution in [0, 0.1) is 5.92 Å². The molecule has 0 aliphatic rings. The maximum atomic E-state index is 4.65. The standard InChI is InChI=1S/C19H21N7/c1-14(2)13-25-11-10-20-18(25)12-21-16-8-9-17-22-23-19(26(17)24-16)15-6-4-3-5-7-15/h3-11,14H,12-13H2,1-2H3,(H,21,24). The van der Waals surface area contributed by atoms with E-state index in [1.807, 2.05) is 54.9 Å². The van der Waals surface area contributed by atoms with E-state index in [1.54, 1.807) is 4.52 Å². The lowest BCUT2D eigenvalue weighted by atomic mass is 10.2. The van der Waals surface area contributed by atoms with E-state index >= 15 is 0 Å². The number of hydrogen-bond acceptors (Lipinski definition) is 5. The molecule has 26 heavy (non-hydrogen) atoms. The Hall–Kier alpha value is -3.22. The van der Waals surface area contributed by atoms with Gasteiger partial charge in [0.1, 0.15) is 11.6 Å². The zero-order valence-corrected chi connectivity index (χ0v) is 14.9. The van der Waals surface area contributed by atoms with E-state index in [0.29, 0.717) is 12.5 Å². The van der Waals surface area contributed by atoms with Gasteiger partial charge in [-0.05, 0) is 18.1 Å². The van der Waals surface area contributed by atoms with Gasteiger partial charge in [0.15, 0.2) is 11.5 Å². The first-order chi connectivity index (χ1) is 12.7. The molecule has 0 fully saturated rings. The Balaban J connectivity index is 1.57. The summed E-state index contributed by atoms with van der Waals surface area (Å²) in [5, 5.41) is 16.5. The second-order valence-electron chi connectivity index (χ2n) is 6.62. The van der Waals surface area contributed by atoms with Gasteiger partial charge in [-0.3, -0.25) is 0 Å². The largest absolute Gasteiger partial charge is 0.361 e. The predicted molar refractivity (Wildman–Crippen MR) is 101 cm³/mol. The van der Waals surface area contributed by atoms with Crippen LogP contribution in [0.5, 0.6) is 0 Å². The van der Waals surface area contributed by atoms with Crippen molar-refractivity contribution in [3.8, 4) is 11.4 Å². The van der Waals surface area contributed by atoms with Crippen LogP contribution in [0.25, 0.3) is 17.0 Å². The first-order valence-corrected chi connectivity index (χ1v) is 8.72. The van der Waals surface area contributed by atoms with Gasteiger partial charge in [0.2, 0.25) is 0 Å². The summed E-state index contributed by atoms with van der Waals surface area (Å²) in [4.78, 5) is 4.44. The lowest BCUT2D eigenvalue weighted by Gasteiger charge is -2.11. The van der Waals surface area contributed by atoms with Crippen molar-refractivity contribution in [1.29, 1.82) is 0 Å². The molecular formula is C19H21N7. The predicted octanol–water partition coefficient (Wildman–Crippen LogP) is 3.26. The van der Waals surface area contributed by atoms with Crippen molar-refractivity contribution in [3.05, 3.63) is 60.7 Å². The topological polar surface area (TPSA) is 72.9 Å². The van der Waals surface area contributed by atoms with Crippen LogP contribution in [0.2, 0.25) is 0 Å². The molecule has 0 amide bonds. The highest BCUT2D eigenvalue weighted by molar-refractivity contribution is 5.59. The molecule has 4 aromatic rings. The van der Waals surface area contributed by atoms with E-state index in [9.17, 15) is 0 Å². The van der Waals surface area contributed by atoms with Gasteiger partial charge in [0.05, 0.1) is 6.54 Å². The average Bonchev–Trinajstić information content (AvgIpc) is 3.26. The molecule has 7 nitrogen and oxygen atoms in total. The Morgan fingerprint density at radius 3 is 2.69 bits per heavy atom. The van der Waals surface area contributed by atoms with Crippen molar-refractivity contribution in [3.63, 3.8) is 0 Å². The SMILES string of the molecule is CC(C)Cn1ccnc1CNc1ccc2nnc(-c3ccccc3)n2n1. The number of hydrogen-bond donors (Lipinski definition) is 1. The summed E-state index contributed by atoms with van der Waals surface area (Å²) in [6.45, 7) is 5.96. The fourth-order valence-electron chi connectivity index (χ4n) is 2.89. The molecule has 7 heteroatoms. The number of rotatable bonds is 6. The summed E-state index contributed by atoms with van der Waals surface area (Å²) >= 11 is 0. The second kappa shape index (κ2) is 6.95. The van der Waals surface area contributed by atoms with E-state index in [2.05, 4.69) is 44.0 Å². The summed E-state index contributed by atoms with van der Waals surface area (Å²) in [6.07, 6.45) is 3.85. The molecule has 4 rings (SSSR count). The Kier molecular flexibility index (Phi) is 4.35. The van der Waals surface area contributed by atoms with E-state index < -0.39 is 0 Å². The molecule has 0 spiro atoms. The summed E-state index contributed by atoms with van der Waals surface area (Å²) in [5.41, 5.74) is 1.70. The molecule has 0 bridgehead atoms. The third-order valence-electron chi connectivity index (χ3n) is 4.09. The molecule has 0 radical (unpaired) electrons. The van der Waals surface area contributed by atoms with Crippen molar-refractivity contribution >= 4 is 11.5 Å². The van der Waals surface area contributed by atoms with Crippen molar-refractivity contribution < 1.29 is 0 Å². The first kappa shape index (κ1) is 16.3. The van der Waals surface area contributed by atoms with Gasteiger partial charge in [-0.2, -0.15) is 4.52 Å². The van der Waals surface area contributed by atoms with Gasteiger partial charge in [0.25, 0.3) is 0 Å². The molecule has 0 saturated heterocycles. The molecule has 1 N–H and O–H groups in total. The van der Waals surface area contributed by atoms with E-state index in [1.165, 1.54) is 0 Å². The molecule has 1 aromatic carbocycles. The van der Waals surface area contributed by atoms with Gasteiger partial charge in [-0.25, -0.2) is 4.98 Å². The highest BCUT2D eigenvalue weighted by atomic mass is 15.4. The minimum atomic E-state index is 0.572. The minimum absolute atomic E-state index is 0.572. The van der Waals surface area contributed by atoms with Crippen LogP contribution in [0.3, 0.4) is 0 Å². The Morgan fingerprint density at radius 1 is 1.04 bits per heavy atom. The highest BCUT2D eigenvalue weighted by Crippen LogP contribution is 2.18. The van der Waals surface area contributed by atoms with Crippen LogP contribution in [0.15, 0.2) is 54.9 Å². The highest BCUT2D eigenvalue weighted by Gasteiger charge is 2.10. The maximum Gasteiger partial charge on any atom is 0.185 e. The van der Waals surface area contributed by atoms with Crippen molar-refractivity contribution in [2.45, 2.75) is 26.9 Å². The number of fused-ring (bicyclic) bond motifs is 1. The normalized spacial score (nSPS) is 11.3. The van der Waals surface area contributed by atoms with Crippen LogP contribution in [0.4, 0.5) is 5.82 Å². The average molecular weight is 347 g/mol. The summed E-state index contributed by atoms with van der Waals surface area (Å²) in [7, 11) is 0. The quantitative estimate of drug-likeness (QED) is 0.579. The number of aromatic nitrogens is 6. The monoisotopic (exact) mass is 347 g/mol. The van der Waals surface area contributed by atoms with Gasteiger partial charge >= 0.3 is 0 Å². The molecule has 0 aliphatic heterocycles. The number of anilines is 1. The molecule has 0 unspecified atom stereocenters. The number of imidazole rings is 1. The zero-order valence-electron chi connectivity index (χ0n) is 14.9. The van der Waals surface area contributed by atoms with Gasteiger partial charge < -0.3 is 9.88 Å². The molecule has 0 aliphatic carbocycles. The smallest absolute Gasteiger partial charge is 0.185 e. The van der Waals surface area contributed by atoms with Crippen LogP contribution in [-0.4, -0.2) is 29.4 Å². The van der Waals surface area contributed by atoms with E-state index in [4.69, 9.17) is 0 Å². The van der Waals surface area contributed by atoms with Crippen molar-refractivity contribution in [1.82, 2.24) is 29.4 Å². The summed E-state index contributed by atoms with van der Waals surface area (Å²) < 4.78 is 3.93. The zero-order chi connectivity index (χ0) is 17.9. The lowest BCUT2D eigenvalue weighted by molar-refractivity contribution is 0.509. The molecule has 0 atom stereocenters. The molecule has 3 heterocycles. The maximum absolute atomic E-state index is 4.65. The molecule has 0 saturated carbocycles. The van der Waals surface area contributed by atoms with Crippen LogP contribution >= 0.6 is 0 Å². The molecular weight excluding hydrogens is 326 g/mol. The third-order valence-corrected chi connectivity index (χ3v) is 4.09. The van der Waals surface area contributed by atoms with Crippen LogP contribution in [-0.2, 0) is 13.1 Å². The Labute approximate surface area is 151 Å². The number of nitrogens with one attached hydrogen (secondary N) is 1. The summed E-state index contributed by atoms with van der Waals surface area (Å²) in [6, 6.07) is 13.8. The first-order valence-electron chi connectivity index (χ1n) is 8.72. The minimum Gasteiger partial charge on any atom is -0.361 e. The van der Waals surface area contributed by atoms with Crippen LogP contribution < -0.4 is 5.32 Å². The number of nitrogens with zero attached hydrogens (tertiary/aromatic N) is 6. The summed E-state index contributed by atoms with van der Waals surface area (Å²) in [5.74, 6) is 3.05. The molecule has 3 aromatic heterocycles. The van der Waals surface area contributed by atoms with Crippen molar-refractivity contribution in [2.75, 3.05) is 5.32 Å². The molecule has 132 valence electrons. The van der Waals surface area contributed by atoms with E-state index in [0.717, 1.165) is 35.2 Å². The number of benzene rings is 1. The van der Waals surface area contributed by atoms with Gasteiger partial charge in [-0.15, -0.1) is 15.3 Å².